The zero-order valence-corrected chi connectivity index (χ0v) is 11.7. The molecule has 0 amide bonds. The Balaban J connectivity index is 1.99. The highest BCUT2D eigenvalue weighted by molar-refractivity contribution is 5.81. The van der Waals surface area contributed by atoms with E-state index in [9.17, 15) is 0 Å². The average molecular weight is 265 g/mol. The summed E-state index contributed by atoms with van der Waals surface area (Å²) in [6, 6.07) is 16.4. The number of rotatable bonds is 4. The molecule has 20 heavy (non-hydrogen) atoms. The Morgan fingerprint density at radius 2 is 1.95 bits per heavy atom. The van der Waals surface area contributed by atoms with E-state index in [0.29, 0.717) is 0 Å². The Kier molecular flexibility index (Phi) is 3.57. The van der Waals surface area contributed by atoms with E-state index >= 15 is 0 Å². The highest BCUT2D eigenvalue weighted by atomic mass is 16.3. The van der Waals surface area contributed by atoms with Gasteiger partial charge in [0.1, 0.15) is 5.58 Å². The molecule has 1 atom stereocenters. The van der Waals surface area contributed by atoms with Gasteiger partial charge in [0.15, 0.2) is 0 Å². The topological polar surface area (TPSA) is 39.2 Å². The predicted molar refractivity (Wildman–Crippen MR) is 82.7 cm³/mol. The van der Waals surface area contributed by atoms with E-state index in [2.05, 4.69) is 37.3 Å². The highest BCUT2D eigenvalue weighted by Crippen LogP contribution is 2.29. The number of hydrogen-bond donors (Lipinski definition) is 1. The summed E-state index contributed by atoms with van der Waals surface area (Å²) in [6.45, 7) is 2.19. The molecule has 3 aromatic rings. The predicted octanol–water partition coefficient (Wildman–Crippen LogP) is 4.43. The van der Waals surface area contributed by atoms with Crippen LogP contribution < -0.4 is 5.73 Å². The molecule has 0 saturated carbocycles. The Morgan fingerprint density at radius 1 is 1.10 bits per heavy atom. The molecule has 0 bridgehead atoms. The molecular weight excluding hydrogens is 246 g/mol. The number of aryl methyl sites for hydroxylation is 1. The molecule has 0 aliphatic rings. The molecule has 2 N–H and O–H groups in total. The summed E-state index contributed by atoms with van der Waals surface area (Å²) < 4.78 is 5.59. The van der Waals surface area contributed by atoms with Crippen LogP contribution in [0.25, 0.3) is 11.0 Å². The molecule has 0 aliphatic carbocycles. The van der Waals surface area contributed by atoms with E-state index in [-0.39, 0.29) is 6.04 Å². The fourth-order valence-electron chi connectivity index (χ4n) is 2.65. The van der Waals surface area contributed by atoms with Crippen LogP contribution in [-0.2, 0) is 6.42 Å². The summed E-state index contributed by atoms with van der Waals surface area (Å²) in [6.07, 6.45) is 4.02. The number of fused-ring (bicyclic) bond motifs is 1. The standard InChI is InChI=1S/C18H19NO/c1-2-6-13-7-5-8-14(11-13)18(19)16-12-20-17-10-4-3-9-15(16)17/h3-5,7-12,18H,2,6,19H2,1H3. The van der Waals surface area contributed by atoms with Gasteiger partial charge in [-0.1, -0.05) is 55.8 Å². The third-order valence-corrected chi connectivity index (χ3v) is 3.69. The van der Waals surface area contributed by atoms with Gasteiger partial charge in [-0.2, -0.15) is 0 Å². The minimum absolute atomic E-state index is 0.143. The van der Waals surface area contributed by atoms with Crippen LogP contribution in [0.5, 0.6) is 0 Å². The lowest BCUT2D eigenvalue weighted by atomic mass is 9.96. The summed E-state index contributed by atoms with van der Waals surface area (Å²) in [5, 5.41) is 1.10. The SMILES string of the molecule is CCCc1cccc(C(N)c2coc3ccccc23)c1. The monoisotopic (exact) mass is 265 g/mol. The normalized spacial score (nSPS) is 12.7. The van der Waals surface area contributed by atoms with Gasteiger partial charge in [0.05, 0.1) is 12.3 Å². The fraction of sp³-hybridized carbons (Fsp3) is 0.222. The molecule has 3 rings (SSSR count). The van der Waals surface area contributed by atoms with Crippen molar-refractivity contribution in [2.24, 2.45) is 5.73 Å². The first kappa shape index (κ1) is 12.9. The summed E-state index contributed by atoms with van der Waals surface area (Å²) >= 11 is 0. The van der Waals surface area contributed by atoms with Crippen LogP contribution in [0.4, 0.5) is 0 Å². The van der Waals surface area contributed by atoms with E-state index in [1.165, 1.54) is 5.56 Å². The molecule has 1 unspecified atom stereocenters. The molecule has 0 radical (unpaired) electrons. The summed E-state index contributed by atoms with van der Waals surface area (Å²) in [5.74, 6) is 0. The maximum absolute atomic E-state index is 6.43. The van der Waals surface area contributed by atoms with Crippen molar-refractivity contribution in [3.63, 3.8) is 0 Å². The second-order valence-electron chi connectivity index (χ2n) is 5.16. The quantitative estimate of drug-likeness (QED) is 0.757. The van der Waals surface area contributed by atoms with Crippen molar-refractivity contribution in [3.05, 3.63) is 71.5 Å². The maximum Gasteiger partial charge on any atom is 0.134 e. The van der Waals surface area contributed by atoms with Gasteiger partial charge in [0.25, 0.3) is 0 Å². The second kappa shape index (κ2) is 5.51. The van der Waals surface area contributed by atoms with Crippen LogP contribution in [0.15, 0.2) is 59.2 Å². The molecule has 1 aromatic heterocycles. The maximum atomic E-state index is 6.43. The molecule has 1 heterocycles. The van der Waals surface area contributed by atoms with Crippen LogP contribution in [-0.4, -0.2) is 0 Å². The Morgan fingerprint density at radius 3 is 2.80 bits per heavy atom. The summed E-state index contributed by atoms with van der Waals surface area (Å²) in [5.41, 5.74) is 10.9. The molecule has 2 heteroatoms. The number of nitrogens with two attached hydrogens (primary N) is 1. The van der Waals surface area contributed by atoms with Crippen molar-refractivity contribution < 1.29 is 4.42 Å². The largest absolute Gasteiger partial charge is 0.464 e. The molecule has 102 valence electrons. The van der Waals surface area contributed by atoms with E-state index < -0.39 is 0 Å². The van der Waals surface area contributed by atoms with Gasteiger partial charge in [-0.05, 0) is 23.6 Å². The zero-order valence-electron chi connectivity index (χ0n) is 11.7. The average Bonchev–Trinajstić information content (AvgIpc) is 2.91. The van der Waals surface area contributed by atoms with Crippen LogP contribution in [0.3, 0.4) is 0 Å². The number of furan rings is 1. The zero-order chi connectivity index (χ0) is 13.9. The number of para-hydroxylation sites is 1. The molecular formula is C18H19NO. The fourth-order valence-corrected chi connectivity index (χ4v) is 2.65. The van der Waals surface area contributed by atoms with Crippen molar-refractivity contribution in [1.29, 1.82) is 0 Å². The van der Waals surface area contributed by atoms with Crippen molar-refractivity contribution in [1.82, 2.24) is 0 Å². The smallest absolute Gasteiger partial charge is 0.134 e. The summed E-state index contributed by atoms with van der Waals surface area (Å²) in [7, 11) is 0. The Bertz CT molecular complexity index is 714. The Hall–Kier alpha value is -2.06. The Labute approximate surface area is 119 Å². The van der Waals surface area contributed by atoms with Crippen molar-refractivity contribution in [3.8, 4) is 0 Å². The third kappa shape index (κ3) is 2.35. The molecule has 0 aliphatic heterocycles. The van der Waals surface area contributed by atoms with Crippen LogP contribution in [0.1, 0.15) is 36.1 Å². The van der Waals surface area contributed by atoms with Gasteiger partial charge in [-0.3, -0.25) is 0 Å². The lowest BCUT2D eigenvalue weighted by Crippen LogP contribution is -2.11. The lowest BCUT2D eigenvalue weighted by Gasteiger charge is -2.12. The van der Waals surface area contributed by atoms with Crippen molar-refractivity contribution >= 4 is 11.0 Å². The van der Waals surface area contributed by atoms with E-state index in [1.807, 2.05) is 18.2 Å². The summed E-state index contributed by atoms with van der Waals surface area (Å²) in [4.78, 5) is 0. The molecule has 0 saturated heterocycles. The van der Waals surface area contributed by atoms with Gasteiger partial charge in [-0.15, -0.1) is 0 Å². The van der Waals surface area contributed by atoms with Gasteiger partial charge < -0.3 is 10.2 Å². The van der Waals surface area contributed by atoms with Crippen molar-refractivity contribution in [2.75, 3.05) is 0 Å². The van der Waals surface area contributed by atoms with Crippen LogP contribution >= 0.6 is 0 Å². The van der Waals surface area contributed by atoms with Gasteiger partial charge >= 0.3 is 0 Å². The van der Waals surface area contributed by atoms with Crippen LogP contribution in [0.2, 0.25) is 0 Å². The molecule has 2 nitrogen and oxygen atoms in total. The first-order valence-corrected chi connectivity index (χ1v) is 7.10. The molecule has 2 aromatic carbocycles. The van der Waals surface area contributed by atoms with Crippen molar-refractivity contribution in [2.45, 2.75) is 25.8 Å². The van der Waals surface area contributed by atoms with E-state index in [1.54, 1.807) is 6.26 Å². The minimum atomic E-state index is -0.143. The number of benzene rings is 2. The van der Waals surface area contributed by atoms with Crippen LogP contribution in [0, 0.1) is 0 Å². The second-order valence-corrected chi connectivity index (χ2v) is 5.16. The lowest BCUT2D eigenvalue weighted by molar-refractivity contribution is 0.607. The van der Waals surface area contributed by atoms with Gasteiger partial charge in [-0.25, -0.2) is 0 Å². The number of hydrogen-bond acceptors (Lipinski definition) is 2. The third-order valence-electron chi connectivity index (χ3n) is 3.69. The first-order valence-electron chi connectivity index (χ1n) is 7.10. The minimum Gasteiger partial charge on any atom is -0.464 e. The highest BCUT2D eigenvalue weighted by Gasteiger charge is 2.15. The van der Waals surface area contributed by atoms with E-state index in [4.69, 9.17) is 10.2 Å². The molecule has 0 spiro atoms. The van der Waals surface area contributed by atoms with Gasteiger partial charge in [0.2, 0.25) is 0 Å². The molecule has 0 fully saturated rings. The van der Waals surface area contributed by atoms with E-state index in [0.717, 1.165) is 34.9 Å². The first-order chi connectivity index (χ1) is 9.79. The van der Waals surface area contributed by atoms with Gasteiger partial charge in [0, 0.05) is 10.9 Å².